The fourth-order valence-corrected chi connectivity index (χ4v) is 2.22. The van der Waals surface area contributed by atoms with Gasteiger partial charge in [0.2, 0.25) is 5.82 Å². The van der Waals surface area contributed by atoms with E-state index in [2.05, 4.69) is 20.5 Å². The van der Waals surface area contributed by atoms with Crippen LogP contribution in [0.3, 0.4) is 0 Å². The van der Waals surface area contributed by atoms with Crippen molar-refractivity contribution in [3.8, 4) is 0 Å². The quantitative estimate of drug-likeness (QED) is 0.739. The van der Waals surface area contributed by atoms with Gasteiger partial charge in [-0.25, -0.2) is 4.98 Å². The molecule has 1 aliphatic carbocycles. The molecule has 1 atom stereocenters. The van der Waals surface area contributed by atoms with Crippen LogP contribution in [0.1, 0.15) is 40.8 Å². The molecule has 6 nitrogen and oxygen atoms in total. The van der Waals surface area contributed by atoms with E-state index in [1.54, 1.807) is 0 Å². The zero-order valence-corrected chi connectivity index (χ0v) is 11.6. The average Bonchev–Trinajstić information content (AvgIpc) is 3.24. The van der Waals surface area contributed by atoms with E-state index in [1.807, 2.05) is 30.3 Å². The molecule has 0 saturated heterocycles. The van der Waals surface area contributed by atoms with E-state index in [0.717, 1.165) is 24.2 Å². The summed E-state index contributed by atoms with van der Waals surface area (Å²) in [6.07, 6.45) is 2.77. The number of amides is 1. The first kappa shape index (κ1) is 13.8. The van der Waals surface area contributed by atoms with Crippen LogP contribution < -0.4 is 5.32 Å². The summed E-state index contributed by atoms with van der Waals surface area (Å²) in [5.41, 5.74) is 1.06. The Morgan fingerprint density at radius 2 is 2.14 bits per heavy atom. The number of carbonyl (C=O) groups is 1. The van der Waals surface area contributed by atoms with Crippen molar-refractivity contribution in [2.24, 2.45) is 0 Å². The van der Waals surface area contributed by atoms with E-state index in [1.165, 1.54) is 0 Å². The summed E-state index contributed by atoms with van der Waals surface area (Å²) in [4.78, 5) is 16.3. The van der Waals surface area contributed by atoms with Crippen LogP contribution in [0.5, 0.6) is 0 Å². The number of aromatic nitrogens is 3. The van der Waals surface area contributed by atoms with E-state index >= 15 is 0 Å². The van der Waals surface area contributed by atoms with Crippen LogP contribution >= 0.6 is 0 Å². The van der Waals surface area contributed by atoms with Crippen LogP contribution in [0.25, 0.3) is 0 Å². The van der Waals surface area contributed by atoms with Crippen LogP contribution in [0.4, 0.5) is 0 Å². The molecule has 1 aromatic heterocycles. The lowest BCUT2D eigenvalue weighted by Crippen LogP contribution is -2.39. The highest BCUT2D eigenvalue weighted by Crippen LogP contribution is 2.37. The molecule has 1 heterocycles. The molecule has 2 aromatic rings. The summed E-state index contributed by atoms with van der Waals surface area (Å²) in [5, 5.41) is 18.9. The van der Waals surface area contributed by atoms with Crippen molar-refractivity contribution >= 4 is 5.91 Å². The predicted octanol–water partition coefficient (Wildman–Crippen LogP) is 1.02. The monoisotopic (exact) mass is 286 g/mol. The van der Waals surface area contributed by atoms with E-state index in [0.29, 0.717) is 12.3 Å². The summed E-state index contributed by atoms with van der Waals surface area (Å²) in [5.74, 6) is 0.998. The molecule has 0 spiro atoms. The molecule has 1 fully saturated rings. The van der Waals surface area contributed by atoms with Crippen LogP contribution in [-0.2, 0) is 6.42 Å². The van der Waals surface area contributed by atoms with E-state index < -0.39 is 0 Å². The molecule has 1 aromatic carbocycles. The zero-order valence-electron chi connectivity index (χ0n) is 11.6. The number of hydrogen-bond donors (Lipinski definition) is 3. The Kier molecular flexibility index (Phi) is 3.96. The number of hydrogen-bond acceptors (Lipinski definition) is 4. The van der Waals surface area contributed by atoms with Crippen molar-refractivity contribution in [1.82, 2.24) is 20.5 Å². The van der Waals surface area contributed by atoms with Gasteiger partial charge in [-0.15, -0.1) is 5.10 Å². The number of aromatic amines is 1. The van der Waals surface area contributed by atoms with Crippen LogP contribution in [-0.4, -0.2) is 38.8 Å². The van der Waals surface area contributed by atoms with Gasteiger partial charge in [-0.1, -0.05) is 30.3 Å². The summed E-state index contributed by atoms with van der Waals surface area (Å²) >= 11 is 0. The molecule has 0 unspecified atom stereocenters. The van der Waals surface area contributed by atoms with Crippen molar-refractivity contribution in [2.45, 2.75) is 31.2 Å². The second-order valence-corrected chi connectivity index (χ2v) is 5.36. The summed E-state index contributed by atoms with van der Waals surface area (Å²) in [6.45, 7) is -0.124. The molecular weight excluding hydrogens is 268 g/mol. The third-order valence-electron chi connectivity index (χ3n) is 3.55. The van der Waals surface area contributed by atoms with Gasteiger partial charge < -0.3 is 10.4 Å². The van der Waals surface area contributed by atoms with Gasteiger partial charge in [-0.05, 0) is 24.8 Å². The van der Waals surface area contributed by atoms with Crippen LogP contribution in [0.15, 0.2) is 30.3 Å². The first-order valence-corrected chi connectivity index (χ1v) is 7.14. The topological polar surface area (TPSA) is 90.9 Å². The largest absolute Gasteiger partial charge is 0.394 e. The molecule has 110 valence electrons. The first-order chi connectivity index (χ1) is 10.3. The number of H-pyrrole nitrogens is 1. The maximum absolute atomic E-state index is 12.1. The Bertz CT molecular complexity index is 607. The smallest absolute Gasteiger partial charge is 0.291 e. The Morgan fingerprint density at radius 1 is 1.38 bits per heavy atom. The van der Waals surface area contributed by atoms with Gasteiger partial charge in [-0.2, -0.15) is 0 Å². The van der Waals surface area contributed by atoms with Crippen molar-refractivity contribution < 1.29 is 9.90 Å². The number of nitrogens with zero attached hydrogens (tertiary/aromatic N) is 2. The number of aliphatic hydroxyl groups excluding tert-OH is 1. The van der Waals surface area contributed by atoms with E-state index in [9.17, 15) is 9.90 Å². The minimum absolute atomic E-state index is 0.124. The molecule has 3 rings (SSSR count). The van der Waals surface area contributed by atoms with Crippen molar-refractivity contribution in [3.05, 3.63) is 47.5 Å². The SMILES string of the molecule is O=C(N[C@H](CO)Cc1ccccc1)c1n[nH]c(C2CC2)n1. The number of benzene rings is 1. The lowest BCUT2D eigenvalue weighted by molar-refractivity contribution is 0.0906. The number of nitrogens with one attached hydrogen (secondary N) is 2. The molecule has 21 heavy (non-hydrogen) atoms. The molecular formula is C15H18N4O2. The van der Waals surface area contributed by atoms with Gasteiger partial charge in [0.15, 0.2) is 0 Å². The molecule has 1 amide bonds. The Morgan fingerprint density at radius 3 is 2.81 bits per heavy atom. The molecule has 1 aliphatic rings. The van der Waals surface area contributed by atoms with Crippen molar-refractivity contribution in [1.29, 1.82) is 0 Å². The van der Waals surface area contributed by atoms with Crippen molar-refractivity contribution in [3.63, 3.8) is 0 Å². The second kappa shape index (κ2) is 6.05. The number of rotatable bonds is 6. The van der Waals surface area contributed by atoms with Crippen molar-refractivity contribution in [2.75, 3.05) is 6.61 Å². The Hall–Kier alpha value is -2.21. The number of aliphatic hydroxyl groups is 1. The highest BCUT2D eigenvalue weighted by Gasteiger charge is 2.28. The predicted molar refractivity (Wildman–Crippen MR) is 76.8 cm³/mol. The fraction of sp³-hybridized carbons (Fsp3) is 0.400. The van der Waals surface area contributed by atoms with Gasteiger partial charge >= 0.3 is 0 Å². The minimum atomic E-state index is -0.354. The normalized spacial score (nSPS) is 15.7. The second-order valence-electron chi connectivity index (χ2n) is 5.36. The minimum Gasteiger partial charge on any atom is -0.394 e. The molecule has 0 radical (unpaired) electrons. The average molecular weight is 286 g/mol. The summed E-state index contributed by atoms with van der Waals surface area (Å²) < 4.78 is 0. The van der Waals surface area contributed by atoms with Gasteiger partial charge in [0.1, 0.15) is 5.82 Å². The molecule has 3 N–H and O–H groups in total. The van der Waals surface area contributed by atoms with Gasteiger partial charge in [0.05, 0.1) is 12.6 Å². The van der Waals surface area contributed by atoms with E-state index in [-0.39, 0.29) is 24.4 Å². The van der Waals surface area contributed by atoms with Crippen LogP contribution in [0.2, 0.25) is 0 Å². The zero-order chi connectivity index (χ0) is 14.7. The third-order valence-corrected chi connectivity index (χ3v) is 3.55. The third kappa shape index (κ3) is 3.46. The number of carbonyl (C=O) groups excluding carboxylic acids is 1. The highest BCUT2D eigenvalue weighted by atomic mass is 16.3. The maximum Gasteiger partial charge on any atom is 0.291 e. The van der Waals surface area contributed by atoms with Crippen LogP contribution in [0, 0.1) is 0 Å². The lowest BCUT2D eigenvalue weighted by atomic mass is 10.1. The maximum atomic E-state index is 12.1. The summed E-state index contributed by atoms with van der Waals surface area (Å²) in [6, 6.07) is 9.39. The molecule has 1 saturated carbocycles. The van der Waals surface area contributed by atoms with E-state index in [4.69, 9.17) is 0 Å². The molecule has 6 heteroatoms. The van der Waals surface area contributed by atoms with Gasteiger partial charge in [-0.3, -0.25) is 9.89 Å². The van der Waals surface area contributed by atoms with Gasteiger partial charge in [0.25, 0.3) is 5.91 Å². The molecule has 0 aliphatic heterocycles. The Balaban J connectivity index is 1.61. The Labute approximate surface area is 122 Å². The standard InChI is InChI=1S/C15H18N4O2/c20-9-12(8-10-4-2-1-3-5-10)16-15(21)14-17-13(18-19-14)11-6-7-11/h1-5,11-12,20H,6-9H2,(H,16,21)(H,17,18,19)/t12-/m0/s1. The summed E-state index contributed by atoms with van der Waals surface area (Å²) in [7, 11) is 0. The fourth-order valence-electron chi connectivity index (χ4n) is 2.22. The molecule has 0 bridgehead atoms. The highest BCUT2D eigenvalue weighted by molar-refractivity contribution is 5.90. The van der Waals surface area contributed by atoms with Gasteiger partial charge in [0, 0.05) is 5.92 Å². The lowest BCUT2D eigenvalue weighted by Gasteiger charge is -2.15. The first-order valence-electron chi connectivity index (χ1n) is 7.14.